The average molecular weight is 313 g/mol. The van der Waals surface area contributed by atoms with Crippen LogP contribution in [-0.2, 0) is 0 Å². The van der Waals surface area contributed by atoms with Crippen LogP contribution in [0.1, 0.15) is 35.3 Å². The number of anilines is 1. The Morgan fingerprint density at radius 2 is 1.95 bits per heavy atom. The van der Waals surface area contributed by atoms with E-state index in [0.29, 0.717) is 5.92 Å². The number of nitrogens with zero attached hydrogens (tertiary/aromatic N) is 4. The monoisotopic (exact) mass is 313 g/mol. The van der Waals surface area contributed by atoms with Gasteiger partial charge >= 0.3 is 0 Å². The van der Waals surface area contributed by atoms with Gasteiger partial charge in [-0.25, -0.2) is 15.0 Å². The van der Waals surface area contributed by atoms with E-state index in [0.717, 1.165) is 27.1 Å². The number of aryl methyl sites for hydroxylation is 1. The highest BCUT2D eigenvalue weighted by molar-refractivity contribution is 7.14. The van der Waals surface area contributed by atoms with Gasteiger partial charge in [0.25, 0.3) is 0 Å². The summed E-state index contributed by atoms with van der Waals surface area (Å²) in [5, 5.41) is 1.11. The molecule has 0 saturated carbocycles. The zero-order chi connectivity index (χ0) is 15.7. The maximum absolute atomic E-state index is 6.19. The van der Waals surface area contributed by atoms with Gasteiger partial charge in [0.2, 0.25) is 0 Å². The molecule has 0 bridgehead atoms. The van der Waals surface area contributed by atoms with E-state index in [1.165, 1.54) is 6.34 Å². The summed E-state index contributed by atoms with van der Waals surface area (Å²) in [4.78, 5) is 16.4. The molecular weight excluding hydrogens is 294 g/mol. The van der Waals surface area contributed by atoms with Crippen molar-refractivity contribution in [3.63, 3.8) is 0 Å². The predicted octanol–water partition coefficient (Wildman–Crippen LogP) is 3.11. The molecule has 2 aromatic rings. The van der Waals surface area contributed by atoms with Crippen molar-refractivity contribution < 1.29 is 0 Å². The molecule has 1 atom stereocenters. The van der Waals surface area contributed by atoms with Crippen molar-refractivity contribution >= 4 is 29.2 Å². The maximum Gasteiger partial charge on any atom is 0.180 e. The fourth-order valence-electron chi connectivity index (χ4n) is 2.31. The summed E-state index contributed by atoms with van der Waals surface area (Å²) < 4.78 is 0. The van der Waals surface area contributed by atoms with Crippen LogP contribution in [0.3, 0.4) is 0 Å². The summed E-state index contributed by atoms with van der Waals surface area (Å²) in [5.41, 5.74) is 8.15. The number of amidine groups is 1. The van der Waals surface area contributed by atoms with Crippen molar-refractivity contribution in [3.05, 3.63) is 45.9 Å². The van der Waals surface area contributed by atoms with Crippen LogP contribution in [0.5, 0.6) is 0 Å². The van der Waals surface area contributed by atoms with Gasteiger partial charge in [-0.2, -0.15) is 0 Å². The van der Waals surface area contributed by atoms with Gasteiger partial charge in [0.1, 0.15) is 6.34 Å². The molecule has 0 radical (unpaired) electrons. The summed E-state index contributed by atoms with van der Waals surface area (Å²) in [6.07, 6.45) is 1.06. The molecule has 3 rings (SSSR count). The lowest BCUT2D eigenvalue weighted by atomic mass is 10.2. The van der Waals surface area contributed by atoms with E-state index in [1.807, 2.05) is 42.2 Å². The molecule has 1 unspecified atom stereocenters. The van der Waals surface area contributed by atoms with Crippen molar-refractivity contribution in [1.29, 1.82) is 0 Å². The third kappa shape index (κ3) is 2.67. The predicted molar refractivity (Wildman–Crippen MR) is 92.9 cm³/mol. The standard InChI is InChI=1S/C16H19N5S/c1-10(2)15-20-11(3)13(22-15)14-18-9-19-16(17)21(14)12-7-5-4-6-8-12/h4-10,16H,17H2,1-3H3. The van der Waals surface area contributed by atoms with E-state index in [2.05, 4.69) is 28.8 Å². The van der Waals surface area contributed by atoms with Gasteiger partial charge in [0.05, 0.1) is 15.6 Å². The van der Waals surface area contributed by atoms with Gasteiger partial charge < -0.3 is 0 Å². The summed E-state index contributed by atoms with van der Waals surface area (Å²) in [5.74, 6) is 1.21. The SMILES string of the molecule is Cc1nc(C(C)C)sc1C1=NC=NC(N)N1c1ccccc1. The molecule has 5 nitrogen and oxygen atoms in total. The number of nitrogens with two attached hydrogens (primary N) is 1. The van der Waals surface area contributed by atoms with E-state index >= 15 is 0 Å². The van der Waals surface area contributed by atoms with E-state index in [9.17, 15) is 0 Å². The Bertz CT molecular complexity index is 717. The molecule has 114 valence electrons. The molecule has 22 heavy (non-hydrogen) atoms. The molecule has 0 amide bonds. The van der Waals surface area contributed by atoms with E-state index in [4.69, 9.17) is 5.73 Å². The van der Waals surface area contributed by atoms with Crippen LogP contribution in [0.2, 0.25) is 0 Å². The molecule has 1 aliphatic rings. The molecule has 2 N–H and O–H groups in total. The molecule has 0 saturated heterocycles. The number of aromatic nitrogens is 1. The summed E-state index contributed by atoms with van der Waals surface area (Å²) >= 11 is 1.67. The van der Waals surface area contributed by atoms with Crippen molar-refractivity contribution in [1.82, 2.24) is 4.98 Å². The fraction of sp³-hybridized carbons (Fsp3) is 0.312. The van der Waals surface area contributed by atoms with Crippen molar-refractivity contribution in [2.24, 2.45) is 15.7 Å². The van der Waals surface area contributed by atoms with Gasteiger partial charge in [-0.15, -0.1) is 11.3 Å². The first-order chi connectivity index (χ1) is 10.6. The fourth-order valence-corrected chi connectivity index (χ4v) is 3.38. The van der Waals surface area contributed by atoms with E-state index in [1.54, 1.807) is 11.3 Å². The Hall–Kier alpha value is -2.05. The van der Waals surface area contributed by atoms with Crippen molar-refractivity contribution in [3.8, 4) is 0 Å². The smallest absolute Gasteiger partial charge is 0.180 e. The van der Waals surface area contributed by atoms with Crippen LogP contribution in [-0.4, -0.2) is 23.4 Å². The van der Waals surface area contributed by atoms with Crippen molar-refractivity contribution in [2.45, 2.75) is 33.0 Å². The molecule has 1 aromatic carbocycles. The molecular formula is C16H19N5S. The summed E-state index contributed by atoms with van der Waals surface area (Å²) in [6.45, 7) is 6.31. The lowest BCUT2D eigenvalue weighted by molar-refractivity contribution is 0.728. The normalized spacial score (nSPS) is 18.0. The van der Waals surface area contributed by atoms with Gasteiger partial charge in [-0.3, -0.25) is 10.6 Å². The van der Waals surface area contributed by atoms with Gasteiger partial charge in [-0.1, -0.05) is 32.0 Å². The Labute approximate surface area is 134 Å². The minimum absolute atomic E-state index is 0.397. The number of thiazole rings is 1. The first-order valence-electron chi connectivity index (χ1n) is 7.25. The first kappa shape index (κ1) is 14.9. The largest absolute Gasteiger partial charge is 0.292 e. The number of rotatable bonds is 3. The minimum Gasteiger partial charge on any atom is -0.292 e. The minimum atomic E-state index is -0.473. The molecule has 1 aliphatic heterocycles. The van der Waals surface area contributed by atoms with Crippen LogP contribution < -0.4 is 10.6 Å². The highest BCUT2D eigenvalue weighted by Crippen LogP contribution is 2.29. The summed E-state index contributed by atoms with van der Waals surface area (Å²) in [6, 6.07) is 9.97. The highest BCUT2D eigenvalue weighted by atomic mass is 32.1. The Balaban J connectivity index is 2.07. The van der Waals surface area contributed by atoms with E-state index in [-0.39, 0.29) is 0 Å². The Kier molecular flexibility index (Phi) is 4.04. The van der Waals surface area contributed by atoms with Crippen LogP contribution in [0.4, 0.5) is 5.69 Å². The van der Waals surface area contributed by atoms with Crippen LogP contribution in [0.25, 0.3) is 0 Å². The highest BCUT2D eigenvalue weighted by Gasteiger charge is 2.27. The number of para-hydroxylation sites is 1. The third-order valence-electron chi connectivity index (χ3n) is 3.44. The van der Waals surface area contributed by atoms with Crippen LogP contribution in [0.15, 0.2) is 40.3 Å². The Morgan fingerprint density at radius 1 is 1.23 bits per heavy atom. The number of hydrogen-bond donors (Lipinski definition) is 1. The Morgan fingerprint density at radius 3 is 2.59 bits per heavy atom. The molecule has 6 heteroatoms. The second-order valence-electron chi connectivity index (χ2n) is 5.46. The molecule has 0 fully saturated rings. The quantitative estimate of drug-likeness (QED) is 0.946. The number of hydrogen-bond acceptors (Lipinski definition) is 6. The first-order valence-corrected chi connectivity index (χ1v) is 8.06. The van der Waals surface area contributed by atoms with E-state index < -0.39 is 6.29 Å². The number of aliphatic imine (C=N–C) groups is 2. The second kappa shape index (κ2) is 5.98. The molecule has 1 aromatic heterocycles. The van der Waals surface area contributed by atoms with Crippen LogP contribution >= 0.6 is 11.3 Å². The molecule has 2 heterocycles. The third-order valence-corrected chi connectivity index (χ3v) is 4.89. The second-order valence-corrected chi connectivity index (χ2v) is 6.49. The molecule has 0 aliphatic carbocycles. The maximum atomic E-state index is 6.19. The van der Waals surface area contributed by atoms with Gasteiger partial charge in [-0.05, 0) is 19.1 Å². The topological polar surface area (TPSA) is 66.9 Å². The average Bonchev–Trinajstić information content (AvgIpc) is 2.90. The number of benzene rings is 1. The molecule has 0 spiro atoms. The zero-order valence-corrected chi connectivity index (χ0v) is 13.7. The lowest BCUT2D eigenvalue weighted by Crippen LogP contribution is -2.47. The summed E-state index contributed by atoms with van der Waals surface area (Å²) in [7, 11) is 0. The van der Waals surface area contributed by atoms with Gasteiger partial charge in [0, 0.05) is 11.6 Å². The van der Waals surface area contributed by atoms with Crippen molar-refractivity contribution in [2.75, 3.05) is 4.90 Å². The van der Waals surface area contributed by atoms with Gasteiger partial charge in [0.15, 0.2) is 12.1 Å². The lowest BCUT2D eigenvalue weighted by Gasteiger charge is -2.30. The van der Waals surface area contributed by atoms with Crippen LogP contribution in [0, 0.1) is 6.92 Å². The zero-order valence-electron chi connectivity index (χ0n) is 12.9.